The van der Waals surface area contributed by atoms with Crippen molar-refractivity contribution in [2.24, 2.45) is 0 Å². The van der Waals surface area contributed by atoms with E-state index in [9.17, 15) is 13.2 Å². The second-order valence-corrected chi connectivity index (χ2v) is 7.61. The summed E-state index contributed by atoms with van der Waals surface area (Å²) in [4.78, 5) is 12.1. The minimum absolute atomic E-state index is 0.241. The molecule has 2 aromatic rings. The average Bonchev–Trinajstić information content (AvgIpc) is 2.45. The van der Waals surface area contributed by atoms with Crippen molar-refractivity contribution in [1.82, 2.24) is 4.72 Å². The molecule has 2 rings (SSSR count). The third kappa shape index (κ3) is 4.92. The minimum atomic E-state index is -3.93. The number of carbonyl (C=O) groups excluding carboxylic acids is 1. The highest BCUT2D eigenvalue weighted by atomic mass is 79.9. The van der Waals surface area contributed by atoms with E-state index in [1.807, 2.05) is 11.6 Å². The summed E-state index contributed by atoms with van der Waals surface area (Å²) in [7, 11) is -3.93. The van der Waals surface area contributed by atoms with E-state index >= 15 is 0 Å². The van der Waals surface area contributed by atoms with Crippen molar-refractivity contribution in [1.29, 1.82) is 0 Å². The summed E-state index contributed by atoms with van der Waals surface area (Å²) < 4.78 is 26.5. The predicted molar refractivity (Wildman–Crippen MR) is 95.8 cm³/mol. The molecule has 4 nitrogen and oxygen atoms in total. The molecule has 0 aromatic heterocycles. The molecule has 0 saturated carbocycles. The molecule has 0 fully saturated rings. The highest BCUT2D eigenvalue weighted by molar-refractivity contribution is 9.10. The summed E-state index contributed by atoms with van der Waals surface area (Å²) >= 11 is 9.20. The average molecular weight is 415 g/mol. The summed E-state index contributed by atoms with van der Waals surface area (Å²) in [5.74, 6) is -0.708. The highest BCUT2D eigenvalue weighted by Gasteiger charge is 2.15. The van der Waals surface area contributed by atoms with Crippen molar-refractivity contribution in [3.05, 3.63) is 74.1 Å². The van der Waals surface area contributed by atoms with Crippen LogP contribution >= 0.6 is 27.5 Å². The van der Waals surface area contributed by atoms with Crippen LogP contribution in [0.25, 0.3) is 6.08 Å². The van der Waals surface area contributed by atoms with Gasteiger partial charge >= 0.3 is 0 Å². The van der Waals surface area contributed by atoms with Crippen molar-refractivity contribution in [2.45, 2.75) is 6.92 Å². The molecule has 0 bridgehead atoms. The Morgan fingerprint density at radius 2 is 1.91 bits per heavy atom. The molecular formula is C16H13BrClNO3S. The summed E-state index contributed by atoms with van der Waals surface area (Å²) in [6, 6.07) is 11.8. The quantitative estimate of drug-likeness (QED) is 0.818. The number of aryl methyl sites for hydroxylation is 1. The Balaban J connectivity index is 2.18. The van der Waals surface area contributed by atoms with Gasteiger partial charge in [0.2, 0.25) is 0 Å². The molecule has 120 valence electrons. The monoisotopic (exact) mass is 413 g/mol. The molecule has 0 spiro atoms. The van der Waals surface area contributed by atoms with Crippen molar-refractivity contribution < 1.29 is 13.2 Å². The van der Waals surface area contributed by atoms with Crippen LogP contribution in [0.2, 0.25) is 5.02 Å². The van der Waals surface area contributed by atoms with Crippen molar-refractivity contribution in [3.63, 3.8) is 0 Å². The Hall–Kier alpha value is -1.63. The van der Waals surface area contributed by atoms with E-state index in [2.05, 4.69) is 15.9 Å². The van der Waals surface area contributed by atoms with Crippen molar-refractivity contribution in [2.75, 3.05) is 0 Å². The Morgan fingerprint density at radius 3 is 2.57 bits per heavy atom. The van der Waals surface area contributed by atoms with E-state index in [4.69, 9.17) is 11.6 Å². The summed E-state index contributed by atoms with van der Waals surface area (Å²) in [6.07, 6.45) is 1.34. The van der Waals surface area contributed by atoms with Gasteiger partial charge in [0.05, 0.1) is 11.0 Å². The Labute approximate surface area is 148 Å². The zero-order valence-corrected chi connectivity index (χ0v) is 15.2. The molecule has 23 heavy (non-hydrogen) atoms. The Bertz CT molecular complexity index is 879. The van der Waals surface area contributed by atoms with E-state index in [-0.39, 0.29) is 5.56 Å². The first-order chi connectivity index (χ1) is 10.8. The summed E-state index contributed by atoms with van der Waals surface area (Å²) in [6.45, 7) is 1.87. The van der Waals surface area contributed by atoms with Crippen LogP contribution in [-0.2, 0) is 10.0 Å². The van der Waals surface area contributed by atoms with E-state index in [1.165, 1.54) is 6.08 Å². The first kappa shape index (κ1) is 17.7. The molecule has 1 N–H and O–H groups in total. The van der Waals surface area contributed by atoms with Crippen molar-refractivity contribution >= 4 is 49.5 Å². The van der Waals surface area contributed by atoms with Gasteiger partial charge in [-0.3, -0.25) is 4.79 Å². The van der Waals surface area contributed by atoms with Gasteiger partial charge in [-0.15, -0.1) is 0 Å². The van der Waals surface area contributed by atoms with Gasteiger partial charge in [0.15, 0.2) is 0 Å². The lowest BCUT2D eigenvalue weighted by atomic mass is 10.1. The largest absolute Gasteiger partial charge is 0.268 e. The number of hydrogen-bond donors (Lipinski definition) is 1. The maximum absolute atomic E-state index is 12.1. The Morgan fingerprint density at radius 1 is 1.22 bits per heavy atom. The molecule has 0 heterocycles. The van der Waals surface area contributed by atoms with Gasteiger partial charge < -0.3 is 0 Å². The molecule has 1 amide bonds. The SMILES string of the molecule is Cc1ccc(C(=O)NS(=O)(=O)C=Cc2ccccc2Cl)c(Br)c1. The van der Waals surface area contributed by atoms with Gasteiger partial charge in [-0.2, -0.15) is 0 Å². The van der Waals surface area contributed by atoms with E-state index in [1.54, 1.807) is 42.5 Å². The molecule has 0 unspecified atom stereocenters. The molecule has 0 atom stereocenters. The second-order valence-electron chi connectivity index (χ2n) is 4.78. The number of rotatable bonds is 4. The third-order valence-electron chi connectivity index (χ3n) is 2.94. The molecule has 0 saturated heterocycles. The third-order valence-corrected chi connectivity index (χ3v) is 4.90. The summed E-state index contributed by atoms with van der Waals surface area (Å²) in [5.41, 5.74) is 1.74. The van der Waals surface area contributed by atoms with Crippen LogP contribution in [0.5, 0.6) is 0 Å². The maximum atomic E-state index is 12.1. The van der Waals surface area contributed by atoms with Gasteiger partial charge in [0, 0.05) is 9.50 Å². The fourth-order valence-electron chi connectivity index (χ4n) is 1.80. The number of nitrogens with one attached hydrogen (secondary N) is 1. The first-order valence-corrected chi connectivity index (χ1v) is 9.26. The number of halogens is 2. The maximum Gasteiger partial charge on any atom is 0.266 e. The van der Waals surface area contributed by atoms with Crippen molar-refractivity contribution in [3.8, 4) is 0 Å². The standard InChI is InChI=1S/C16H13BrClNO3S/c1-11-6-7-13(14(17)10-11)16(20)19-23(21,22)9-8-12-4-2-3-5-15(12)18/h2-10H,1H3,(H,19,20). The molecule has 0 radical (unpaired) electrons. The fraction of sp³-hybridized carbons (Fsp3) is 0.0625. The van der Waals surface area contributed by atoms with Crippen LogP contribution in [0.15, 0.2) is 52.3 Å². The van der Waals surface area contributed by atoms with Crippen LogP contribution in [0.1, 0.15) is 21.5 Å². The highest BCUT2D eigenvalue weighted by Crippen LogP contribution is 2.19. The lowest BCUT2D eigenvalue weighted by molar-refractivity contribution is 0.0981. The van der Waals surface area contributed by atoms with Gasteiger partial charge in [-0.1, -0.05) is 35.9 Å². The number of benzene rings is 2. The number of hydrogen-bond acceptors (Lipinski definition) is 3. The minimum Gasteiger partial charge on any atom is -0.268 e. The van der Waals surface area contributed by atoms with Gasteiger partial charge in [-0.25, -0.2) is 13.1 Å². The molecule has 2 aromatic carbocycles. The lowest BCUT2D eigenvalue weighted by Crippen LogP contribution is -2.29. The van der Waals surface area contributed by atoms with Gasteiger partial charge in [-0.05, 0) is 58.3 Å². The molecule has 7 heteroatoms. The van der Waals surface area contributed by atoms with E-state index in [0.29, 0.717) is 15.1 Å². The zero-order valence-electron chi connectivity index (χ0n) is 12.1. The fourth-order valence-corrected chi connectivity index (χ4v) is 3.43. The zero-order chi connectivity index (χ0) is 17.0. The first-order valence-electron chi connectivity index (χ1n) is 6.54. The van der Waals surface area contributed by atoms with Crippen LogP contribution in [0.4, 0.5) is 0 Å². The van der Waals surface area contributed by atoms with Gasteiger partial charge in [0.25, 0.3) is 15.9 Å². The van der Waals surface area contributed by atoms with Crippen LogP contribution in [0, 0.1) is 6.92 Å². The molecule has 0 aliphatic heterocycles. The number of sulfonamides is 1. The summed E-state index contributed by atoms with van der Waals surface area (Å²) in [5, 5.41) is 1.33. The van der Waals surface area contributed by atoms with Crippen LogP contribution < -0.4 is 4.72 Å². The Kier molecular flexibility index (Phi) is 5.62. The topological polar surface area (TPSA) is 63.2 Å². The van der Waals surface area contributed by atoms with E-state index in [0.717, 1.165) is 11.0 Å². The van der Waals surface area contributed by atoms with Crippen LogP contribution in [-0.4, -0.2) is 14.3 Å². The predicted octanol–water partition coefficient (Wildman–Crippen LogP) is 4.14. The normalized spacial score (nSPS) is 11.6. The molecular weight excluding hydrogens is 402 g/mol. The van der Waals surface area contributed by atoms with Crippen LogP contribution in [0.3, 0.4) is 0 Å². The molecule has 0 aliphatic carbocycles. The van der Waals surface area contributed by atoms with Gasteiger partial charge in [0.1, 0.15) is 0 Å². The number of amides is 1. The number of carbonyl (C=O) groups is 1. The smallest absolute Gasteiger partial charge is 0.266 e. The van der Waals surface area contributed by atoms with E-state index < -0.39 is 15.9 Å². The second kappa shape index (κ2) is 7.29. The molecule has 0 aliphatic rings. The lowest BCUT2D eigenvalue weighted by Gasteiger charge is -2.06.